The number of amides is 3. The molecule has 0 aliphatic carbocycles. The van der Waals surface area contributed by atoms with Crippen molar-refractivity contribution in [2.45, 2.75) is 83.9 Å². The summed E-state index contributed by atoms with van der Waals surface area (Å²) in [6, 6.07) is -0.801. The van der Waals surface area contributed by atoms with Crippen molar-refractivity contribution in [2.75, 3.05) is 17.2 Å². The summed E-state index contributed by atoms with van der Waals surface area (Å²) in [6.07, 6.45) is -1.43. The number of ether oxygens (including phenoxy) is 3. The van der Waals surface area contributed by atoms with Gasteiger partial charge in [0.2, 0.25) is 0 Å². The number of thiazole rings is 1. The van der Waals surface area contributed by atoms with Gasteiger partial charge >= 0.3 is 12.2 Å². The van der Waals surface area contributed by atoms with E-state index in [-0.39, 0.29) is 23.7 Å². The lowest BCUT2D eigenvalue weighted by Gasteiger charge is -2.24. The maximum Gasteiger partial charge on any atom is 0.412 e. The highest BCUT2D eigenvalue weighted by Gasteiger charge is 2.34. The van der Waals surface area contributed by atoms with Gasteiger partial charge in [-0.1, -0.05) is 11.3 Å². The summed E-state index contributed by atoms with van der Waals surface area (Å²) < 4.78 is 33.1. The highest BCUT2D eigenvalue weighted by Crippen LogP contribution is 2.34. The topological polar surface area (TPSA) is 146 Å². The molecule has 0 aromatic carbocycles. The van der Waals surface area contributed by atoms with Crippen LogP contribution in [0.1, 0.15) is 76.7 Å². The number of aryl methyl sites for hydroxylation is 1. The zero-order chi connectivity index (χ0) is 29.1. The van der Waals surface area contributed by atoms with E-state index in [1.54, 1.807) is 48.6 Å². The third kappa shape index (κ3) is 8.86. The molecule has 0 saturated carbocycles. The molecule has 12 nitrogen and oxygen atoms in total. The van der Waals surface area contributed by atoms with Crippen LogP contribution in [0.5, 0.6) is 0 Å². The minimum Gasteiger partial charge on any atom is -0.444 e. The summed E-state index contributed by atoms with van der Waals surface area (Å²) in [5.41, 5.74) is -0.605. The van der Waals surface area contributed by atoms with Gasteiger partial charge in [-0.15, -0.1) is 0 Å². The summed E-state index contributed by atoms with van der Waals surface area (Å²) in [7, 11) is 1.68. The fraction of sp³-hybridized carbons (Fsp3) is 0.625. The van der Waals surface area contributed by atoms with Crippen molar-refractivity contribution in [1.82, 2.24) is 20.1 Å². The Hall–Kier alpha value is -2.78. The van der Waals surface area contributed by atoms with Crippen LogP contribution in [0.15, 0.2) is 10.1 Å². The predicted octanol–water partition coefficient (Wildman–Crippen LogP) is 5.32. The van der Waals surface area contributed by atoms with Crippen LogP contribution >= 0.6 is 27.3 Å². The van der Waals surface area contributed by atoms with Crippen molar-refractivity contribution in [1.29, 1.82) is 0 Å². The first-order valence-corrected chi connectivity index (χ1v) is 13.9. The molecule has 39 heavy (non-hydrogen) atoms. The molecule has 1 saturated heterocycles. The van der Waals surface area contributed by atoms with Crippen molar-refractivity contribution >= 4 is 56.0 Å². The normalized spacial score (nSPS) is 20.1. The third-order valence-electron chi connectivity index (χ3n) is 5.30. The fourth-order valence-corrected chi connectivity index (χ4v) is 5.13. The van der Waals surface area contributed by atoms with Gasteiger partial charge in [-0.3, -0.25) is 14.8 Å². The predicted molar refractivity (Wildman–Crippen MR) is 147 cm³/mol. The number of anilines is 2. The first kappa shape index (κ1) is 30.8. The van der Waals surface area contributed by atoms with Crippen LogP contribution in [0.4, 0.5) is 24.7 Å². The lowest BCUT2D eigenvalue weighted by atomic mass is 10.0. The van der Waals surface area contributed by atoms with E-state index in [0.717, 1.165) is 11.3 Å². The number of hydrogen-bond acceptors (Lipinski definition) is 9. The zero-order valence-electron chi connectivity index (χ0n) is 22.9. The average molecular weight is 634 g/mol. The molecule has 3 heterocycles. The first-order chi connectivity index (χ1) is 18.0. The van der Waals surface area contributed by atoms with E-state index in [2.05, 4.69) is 42.0 Å². The Morgan fingerprint density at radius 1 is 1.10 bits per heavy atom. The van der Waals surface area contributed by atoms with Gasteiger partial charge in [-0.2, -0.15) is 5.10 Å². The first-order valence-electron chi connectivity index (χ1n) is 12.3. The lowest BCUT2D eigenvalue weighted by Crippen LogP contribution is -2.44. The van der Waals surface area contributed by atoms with Crippen LogP contribution < -0.4 is 16.0 Å². The highest BCUT2D eigenvalue weighted by atomic mass is 79.9. The summed E-state index contributed by atoms with van der Waals surface area (Å²) in [6.45, 7) is 10.1. The number of carbonyl (C=O) groups is 3. The Morgan fingerprint density at radius 2 is 1.74 bits per heavy atom. The van der Waals surface area contributed by atoms with Crippen molar-refractivity contribution in [3.05, 3.63) is 21.5 Å². The summed E-state index contributed by atoms with van der Waals surface area (Å²) >= 11 is 4.30. The molecule has 0 bridgehead atoms. The number of rotatable bonds is 5. The van der Waals surface area contributed by atoms with E-state index in [0.29, 0.717) is 21.7 Å². The molecule has 2 aromatic rings. The number of hydrogen-bond donors (Lipinski definition) is 3. The number of halogens is 2. The van der Waals surface area contributed by atoms with Gasteiger partial charge in [0.1, 0.15) is 28.5 Å². The van der Waals surface area contributed by atoms with Crippen molar-refractivity contribution in [3.63, 3.8) is 0 Å². The number of carbonyl (C=O) groups excluding carboxylic acids is 3. The summed E-state index contributed by atoms with van der Waals surface area (Å²) in [5.74, 6) is -0.598. The maximum atomic E-state index is 14.9. The van der Waals surface area contributed by atoms with E-state index in [9.17, 15) is 18.8 Å². The second kappa shape index (κ2) is 12.2. The second-order valence-corrected chi connectivity index (χ2v) is 13.2. The summed E-state index contributed by atoms with van der Waals surface area (Å²) in [5, 5.41) is 12.3. The Kier molecular flexibility index (Phi) is 9.60. The van der Waals surface area contributed by atoms with Crippen LogP contribution in [0, 0.1) is 0 Å². The molecule has 1 aliphatic heterocycles. The Balaban J connectivity index is 1.73. The SMILES string of the molecule is Cn1ncc(NC(=O)c2nc(Br)sc2NC(=O)OC(C)(C)C)c1[C@@H]1CC[C@@H](NC(=O)OC(C)(C)C)[C@@H](F)CO1. The number of nitrogens with one attached hydrogen (secondary N) is 3. The van der Waals surface area contributed by atoms with E-state index in [4.69, 9.17) is 14.2 Å². The van der Waals surface area contributed by atoms with Gasteiger partial charge in [0.05, 0.1) is 30.2 Å². The van der Waals surface area contributed by atoms with Crippen molar-refractivity contribution in [2.24, 2.45) is 7.05 Å². The second-order valence-electron chi connectivity index (χ2n) is 11.0. The van der Waals surface area contributed by atoms with Gasteiger partial charge in [0.25, 0.3) is 5.91 Å². The molecule has 3 rings (SSSR count). The van der Waals surface area contributed by atoms with Crippen LogP contribution in [0.2, 0.25) is 0 Å². The minimum absolute atomic E-state index is 0.0280. The molecule has 216 valence electrons. The average Bonchev–Trinajstić information content (AvgIpc) is 3.26. The lowest BCUT2D eigenvalue weighted by molar-refractivity contribution is 0.0202. The monoisotopic (exact) mass is 632 g/mol. The molecule has 0 unspecified atom stereocenters. The molecule has 1 aliphatic rings. The highest BCUT2D eigenvalue weighted by molar-refractivity contribution is 9.11. The molecule has 2 aromatic heterocycles. The fourth-order valence-electron chi connectivity index (χ4n) is 3.79. The van der Waals surface area contributed by atoms with Crippen LogP contribution in [0.3, 0.4) is 0 Å². The molecule has 1 fully saturated rings. The van der Waals surface area contributed by atoms with E-state index < -0.39 is 47.6 Å². The van der Waals surface area contributed by atoms with Gasteiger partial charge in [0, 0.05) is 7.05 Å². The molecule has 3 atom stereocenters. The number of alkyl halides is 1. The molecular weight excluding hydrogens is 599 g/mol. The van der Waals surface area contributed by atoms with Crippen molar-refractivity contribution in [3.8, 4) is 0 Å². The zero-order valence-corrected chi connectivity index (χ0v) is 25.3. The quantitative estimate of drug-likeness (QED) is 0.401. The molecule has 0 spiro atoms. The van der Waals surface area contributed by atoms with Gasteiger partial charge < -0.3 is 24.8 Å². The van der Waals surface area contributed by atoms with E-state index in [1.807, 2.05) is 0 Å². The van der Waals surface area contributed by atoms with Gasteiger partial charge in [-0.05, 0) is 70.3 Å². The van der Waals surface area contributed by atoms with Crippen LogP contribution in [0.25, 0.3) is 0 Å². The standard InChI is InChI=1S/C24H34BrFN6O6S/c1-23(2,3)37-21(34)29-13-8-9-15(36-11-12(13)26)17-14(10-27-32(17)7)28-18(33)16-19(39-20(25)30-16)31-22(35)38-24(4,5)6/h10,12-13,15H,8-9,11H2,1-7H3,(H,28,33)(H,29,34)(H,31,35)/t12-,13+,15-/m0/s1. The largest absolute Gasteiger partial charge is 0.444 e. The van der Waals surface area contributed by atoms with E-state index in [1.165, 1.54) is 10.9 Å². The van der Waals surface area contributed by atoms with Crippen LogP contribution in [-0.4, -0.2) is 62.9 Å². The molecule has 3 N–H and O–H groups in total. The molecule has 15 heteroatoms. The Bertz CT molecular complexity index is 1210. The van der Waals surface area contributed by atoms with Gasteiger partial charge in [0.15, 0.2) is 9.61 Å². The van der Waals surface area contributed by atoms with Crippen LogP contribution in [-0.2, 0) is 21.3 Å². The Labute approximate surface area is 238 Å². The molecular formula is C24H34BrFN6O6S. The minimum atomic E-state index is -1.46. The van der Waals surface area contributed by atoms with Crippen molar-refractivity contribution < 1.29 is 33.0 Å². The summed E-state index contributed by atoms with van der Waals surface area (Å²) in [4.78, 5) is 41.8. The maximum absolute atomic E-state index is 14.9. The number of alkyl carbamates (subject to hydrolysis) is 1. The van der Waals surface area contributed by atoms with Gasteiger partial charge in [-0.25, -0.2) is 19.0 Å². The molecule has 3 amide bonds. The molecule has 0 radical (unpaired) electrons. The smallest absolute Gasteiger partial charge is 0.412 e. The third-order valence-corrected chi connectivity index (χ3v) is 6.73. The number of nitrogens with zero attached hydrogens (tertiary/aromatic N) is 3. The van der Waals surface area contributed by atoms with E-state index >= 15 is 0 Å². The number of aromatic nitrogens is 3. The Morgan fingerprint density at radius 3 is 2.38 bits per heavy atom.